The lowest BCUT2D eigenvalue weighted by Gasteiger charge is -2.39. The lowest BCUT2D eigenvalue weighted by molar-refractivity contribution is -0.275. The Morgan fingerprint density at radius 2 is 1.94 bits per heavy atom. The molecule has 7 nitrogen and oxygen atoms in total. The highest BCUT2D eigenvalue weighted by molar-refractivity contribution is 5.97. The van der Waals surface area contributed by atoms with Gasteiger partial charge in [0.15, 0.2) is 11.6 Å². The summed E-state index contributed by atoms with van der Waals surface area (Å²) in [6.45, 7) is 1.63. The molecule has 0 aliphatic carbocycles. The summed E-state index contributed by atoms with van der Waals surface area (Å²) in [5, 5.41) is 12.1. The molecule has 0 fully saturated rings. The van der Waals surface area contributed by atoms with Crippen LogP contribution in [-0.4, -0.2) is 34.9 Å². The number of hydrogen-bond donors (Lipinski definition) is 2. The van der Waals surface area contributed by atoms with E-state index in [1.54, 1.807) is 12.1 Å². The van der Waals surface area contributed by atoms with E-state index in [1.807, 2.05) is 0 Å². The molecule has 3 aromatic rings. The van der Waals surface area contributed by atoms with E-state index in [0.717, 1.165) is 12.1 Å². The van der Waals surface area contributed by atoms with Crippen LogP contribution in [0.15, 0.2) is 54.7 Å². The molecule has 35 heavy (non-hydrogen) atoms. The van der Waals surface area contributed by atoms with E-state index in [9.17, 15) is 32.3 Å². The molecular weight excluding hydrogens is 472 g/mol. The number of carboxylic acid groups (broad SMARTS) is 1. The molecule has 1 aliphatic heterocycles. The smallest absolute Gasteiger partial charge is 0.491 e. The van der Waals surface area contributed by atoms with Gasteiger partial charge in [0.2, 0.25) is 0 Å². The number of halogens is 4. The number of benzene rings is 2. The molecule has 0 saturated carbocycles. The molecule has 1 aromatic heterocycles. The van der Waals surface area contributed by atoms with Crippen LogP contribution in [0, 0.1) is 12.7 Å². The van der Waals surface area contributed by atoms with Crippen molar-refractivity contribution < 1.29 is 41.7 Å². The number of ether oxygens (including phenoxy) is 2. The molecular formula is C24H18F4N2O5. The van der Waals surface area contributed by atoms with Crippen LogP contribution in [-0.2, 0) is 5.54 Å². The molecule has 4 rings (SSSR count). The van der Waals surface area contributed by atoms with Crippen LogP contribution in [0.25, 0.3) is 0 Å². The van der Waals surface area contributed by atoms with Crippen molar-refractivity contribution in [2.75, 3.05) is 6.61 Å². The average Bonchev–Trinajstić information content (AvgIpc) is 2.79. The van der Waals surface area contributed by atoms with Gasteiger partial charge in [-0.15, -0.1) is 13.2 Å². The average molecular weight is 490 g/mol. The van der Waals surface area contributed by atoms with Gasteiger partial charge in [0.25, 0.3) is 5.91 Å². The minimum Gasteiger partial charge on any atom is -0.491 e. The third-order valence-electron chi connectivity index (χ3n) is 5.61. The van der Waals surface area contributed by atoms with Gasteiger partial charge in [-0.2, -0.15) is 0 Å². The van der Waals surface area contributed by atoms with E-state index in [4.69, 9.17) is 4.74 Å². The number of carboxylic acids is 1. The van der Waals surface area contributed by atoms with Gasteiger partial charge in [-0.3, -0.25) is 9.78 Å². The maximum Gasteiger partial charge on any atom is 0.573 e. The quantitative estimate of drug-likeness (QED) is 0.508. The van der Waals surface area contributed by atoms with E-state index in [2.05, 4.69) is 15.0 Å². The third kappa shape index (κ3) is 4.75. The Morgan fingerprint density at radius 1 is 1.17 bits per heavy atom. The molecule has 1 aliphatic rings. The molecule has 2 aromatic carbocycles. The Hall–Kier alpha value is -4.15. The lowest BCUT2D eigenvalue weighted by Crippen LogP contribution is -2.50. The summed E-state index contributed by atoms with van der Waals surface area (Å²) < 4.78 is 61.8. The maximum atomic E-state index is 14.7. The number of fused-ring (bicyclic) bond motifs is 1. The minimum absolute atomic E-state index is 0.0247. The predicted molar refractivity (Wildman–Crippen MR) is 114 cm³/mol. The van der Waals surface area contributed by atoms with E-state index in [1.165, 1.54) is 37.4 Å². The number of carbonyl (C=O) groups is 2. The Labute approximate surface area is 196 Å². The van der Waals surface area contributed by atoms with Crippen LogP contribution in [0.1, 0.15) is 44.0 Å². The number of rotatable bonds is 5. The maximum absolute atomic E-state index is 14.7. The molecule has 1 amide bonds. The van der Waals surface area contributed by atoms with Gasteiger partial charge in [-0.25, -0.2) is 9.18 Å². The van der Waals surface area contributed by atoms with Crippen molar-refractivity contribution in [1.82, 2.24) is 10.3 Å². The highest BCUT2D eigenvalue weighted by atomic mass is 19.4. The van der Waals surface area contributed by atoms with Gasteiger partial charge in [0.05, 0.1) is 12.2 Å². The summed E-state index contributed by atoms with van der Waals surface area (Å²) in [7, 11) is 0. The van der Waals surface area contributed by atoms with E-state index in [0.29, 0.717) is 11.3 Å². The summed E-state index contributed by atoms with van der Waals surface area (Å²) >= 11 is 0. The Kier molecular flexibility index (Phi) is 6.10. The number of hydrogen-bond acceptors (Lipinski definition) is 5. The van der Waals surface area contributed by atoms with Crippen LogP contribution in [0.2, 0.25) is 0 Å². The highest BCUT2D eigenvalue weighted by Crippen LogP contribution is 2.42. The minimum atomic E-state index is -5.08. The second-order valence-electron chi connectivity index (χ2n) is 7.84. The monoisotopic (exact) mass is 490 g/mol. The van der Waals surface area contributed by atoms with Gasteiger partial charge >= 0.3 is 12.3 Å². The second-order valence-corrected chi connectivity index (χ2v) is 7.84. The first kappa shape index (κ1) is 24.0. The topological polar surface area (TPSA) is 97.8 Å². The molecule has 0 bridgehead atoms. The summed E-state index contributed by atoms with van der Waals surface area (Å²) in [6.07, 6.45) is -3.55. The molecule has 0 saturated heterocycles. The number of carbonyl (C=O) groups excluding carboxylic acids is 1. The van der Waals surface area contributed by atoms with Gasteiger partial charge in [-0.05, 0) is 60.5 Å². The number of aromatic carboxylic acids is 1. The molecule has 11 heteroatoms. The number of aromatic nitrogens is 1. The number of amides is 1. The van der Waals surface area contributed by atoms with Crippen LogP contribution in [0.4, 0.5) is 17.6 Å². The number of nitrogens with zero attached hydrogens (tertiary/aromatic N) is 1. The fourth-order valence-electron chi connectivity index (χ4n) is 4.02. The fourth-order valence-corrected chi connectivity index (χ4v) is 4.02. The summed E-state index contributed by atoms with van der Waals surface area (Å²) in [6, 6.07) is 10.1. The van der Waals surface area contributed by atoms with E-state index >= 15 is 0 Å². The third-order valence-corrected chi connectivity index (χ3v) is 5.61. The van der Waals surface area contributed by atoms with Gasteiger partial charge in [-0.1, -0.05) is 6.07 Å². The normalized spacial score (nSPS) is 17.2. The fraction of sp³-hybridized carbons (Fsp3) is 0.208. The number of pyridine rings is 1. The molecule has 182 valence electrons. The van der Waals surface area contributed by atoms with Crippen molar-refractivity contribution in [2.45, 2.75) is 25.2 Å². The molecule has 1 atom stereocenters. The summed E-state index contributed by atoms with van der Waals surface area (Å²) in [5.41, 5.74) is -0.583. The number of alkyl halides is 3. The van der Waals surface area contributed by atoms with Crippen molar-refractivity contribution in [3.8, 4) is 11.5 Å². The lowest BCUT2D eigenvalue weighted by atomic mass is 9.81. The van der Waals surface area contributed by atoms with E-state index < -0.39 is 35.3 Å². The molecule has 2 heterocycles. The first-order valence-electron chi connectivity index (χ1n) is 10.3. The summed E-state index contributed by atoms with van der Waals surface area (Å²) in [4.78, 5) is 28.9. The standard InChI is InChI=1S/C24H18F4N2O5/c1-13-11-14(4-6-16(13)22(32)33)21(31)30-23(8-10-34-19-3-2-9-29-20(19)23)15-5-7-18(17(25)12-15)35-24(26,27)28/h2-7,9,11-12H,8,10H2,1H3,(H,30,31)(H,32,33). The largest absolute Gasteiger partial charge is 0.573 e. The molecule has 1 unspecified atom stereocenters. The van der Waals surface area contributed by atoms with Crippen LogP contribution in [0.3, 0.4) is 0 Å². The number of nitrogens with one attached hydrogen (secondary N) is 1. The predicted octanol–water partition coefficient (Wildman–Crippen LogP) is 4.58. The first-order valence-corrected chi connectivity index (χ1v) is 10.3. The van der Waals surface area contributed by atoms with Crippen LogP contribution in [0.5, 0.6) is 11.5 Å². The zero-order valence-corrected chi connectivity index (χ0v) is 18.1. The van der Waals surface area contributed by atoms with Crippen molar-refractivity contribution in [1.29, 1.82) is 0 Å². The van der Waals surface area contributed by atoms with Gasteiger partial charge < -0.3 is 19.9 Å². The molecule has 0 spiro atoms. The van der Waals surface area contributed by atoms with Crippen molar-refractivity contribution in [2.24, 2.45) is 0 Å². The van der Waals surface area contributed by atoms with Gasteiger partial charge in [0, 0.05) is 18.2 Å². The van der Waals surface area contributed by atoms with Crippen molar-refractivity contribution in [3.63, 3.8) is 0 Å². The Balaban J connectivity index is 1.79. The Morgan fingerprint density at radius 3 is 2.60 bits per heavy atom. The first-order chi connectivity index (χ1) is 16.5. The Bertz CT molecular complexity index is 1310. The van der Waals surface area contributed by atoms with Gasteiger partial charge in [0.1, 0.15) is 17.0 Å². The zero-order valence-electron chi connectivity index (χ0n) is 18.1. The zero-order chi connectivity index (χ0) is 25.4. The van der Waals surface area contributed by atoms with Crippen molar-refractivity contribution in [3.05, 3.63) is 88.5 Å². The van der Waals surface area contributed by atoms with E-state index in [-0.39, 0.29) is 35.4 Å². The summed E-state index contributed by atoms with van der Waals surface area (Å²) in [5.74, 6) is -3.76. The molecule has 0 radical (unpaired) electrons. The number of aryl methyl sites for hydroxylation is 1. The highest BCUT2D eigenvalue weighted by Gasteiger charge is 2.43. The van der Waals surface area contributed by atoms with Crippen molar-refractivity contribution >= 4 is 11.9 Å². The van der Waals surface area contributed by atoms with Crippen LogP contribution < -0.4 is 14.8 Å². The van der Waals surface area contributed by atoms with Crippen LogP contribution >= 0.6 is 0 Å². The second kappa shape index (κ2) is 8.90. The SMILES string of the molecule is Cc1cc(C(=O)NC2(c3ccc(OC(F)(F)F)c(F)c3)CCOc3cccnc32)ccc1C(=O)O. The molecule has 2 N–H and O–H groups in total.